The molecule has 2 heterocycles. The fraction of sp³-hybridized carbons (Fsp3) is 0.667. The molecule has 1 saturated heterocycles. The lowest BCUT2D eigenvalue weighted by atomic mass is 10.2. The van der Waals surface area contributed by atoms with E-state index in [1.807, 2.05) is 6.92 Å². The Balaban J connectivity index is 2.00. The van der Waals surface area contributed by atoms with Crippen LogP contribution in [0.1, 0.15) is 6.92 Å². The lowest BCUT2D eigenvalue weighted by molar-refractivity contribution is -0.148. The number of morpholine rings is 1. The molecule has 0 amide bonds. The van der Waals surface area contributed by atoms with E-state index < -0.39 is 0 Å². The summed E-state index contributed by atoms with van der Waals surface area (Å²) in [6, 6.07) is 0. The Labute approximate surface area is 77.1 Å². The first kappa shape index (κ1) is 8.72. The number of rotatable bonds is 1. The van der Waals surface area contributed by atoms with Crippen LogP contribution < -0.4 is 0 Å². The van der Waals surface area contributed by atoms with Gasteiger partial charge in [-0.15, -0.1) is 0 Å². The molecule has 0 aromatic carbocycles. The molecule has 4 nitrogen and oxygen atoms in total. The predicted octanol–water partition coefficient (Wildman–Crippen LogP) is 0.148. The number of nitrogens with zero attached hydrogens (tertiary/aromatic N) is 1. The lowest BCUT2D eigenvalue weighted by Crippen LogP contribution is -2.44. The molecule has 2 aliphatic rings. The minimum Gasteiger partial charge on any atom is -0.439 e. The molecule has 1 unspecified atom stereocenters. The molecule has 0 aromatic rings. The Kier molecular flexibility index (Phi) is 2.33. The SMILES string of the molecule is CC1=CC(=O)OC1N1CCOCC1. The van der Waals surface area contributed by atoms with Crippen LogP contribution in [0.25, 0.3) is 0 Å². The number of carbonyl (C=O) groups excluding carboxylic acids is 1. The second-order valence-electron chi connectivity index (χ2n) is 3.33. The molecule has 72 valence electrons. The van der Waals surface area contributed by atoms with Crippen LogP contribution in [-0.2, 0) is 14.3 Å². The first-order chi connectivity index (χ1) is 6.27. The number of carbonyl (C=O) groups is 1. The van der Waals surface area contributed by atoms with Crippen molar-refractivity contribution in [2.45, 2.75) is 13.2 Å². The molecule has 4 heteroatoms. The van der Waals surface area contributed by atoms with Crippen molar-refractivity contribution in [3.8, 4) is 0 Å². The van der Waals surface area contributed by atoms with Gasteiger partial charge < -0.3 is 9.47 Å². The maximum atomic E-state index is 11.0. The third-order valence-electron chi connectivity index (χ3n) is 2.34. The Morgan fingerprint density at radius 1 is 1.46 bits per heavy atom. The summed E-state index contributed by atoms with van der Waals surface area (Å²) in [6.07, 6.45) is 1.41. The lowest BCUT2D eigenvalue weighted by Gasteiger charge is -2.31. The van der Waals surface area contributed by atoms with Gasteiger partial charge in [0.25, 0.3) is 0 Å². The molecule has 0 aromatic heterocycles. The van der Waals surface area contributed by atoms with Crippen LogP contribution in [0, 0.1) is 0 Å². The third kappa shape index (κ3) is 1.73. The summed E-state index contributed by atoms with van der Waals surface area (Å²) in [5, 5.41) is 0. The molecule has 0 N–H and O–H groups in total. The highest BCUT2D eigenvalue weighted by molar-refractivity contribution is 5.85. The van der Waals surface area contributed by atoms with E-state index in [0.29, 0.717) is 0 Å². The van der Waals surface area contributed by atoms with Crippen LogP contribution >= 0.6 is 0 Å². The molecule has 13 heavy (non-hydrogen) atoms. The van der Waals surface area contributed by atoms with Crippen molar-refractivity contribution in [1.82, 2.24) is 4.90 Å². The fourth-order valence-electron chi connectivity index (χ4n) is 1.67. The van der Waals surface area contributed by atoms with Gasteiger partial charge in [-0.2, -0.15) is 0 Å². The minimum absolute atomic E-state index is 0.142. The molecule has 0 saturated carbocycles. The Bertz CT molecular complexity index is 243. The molecule has 2 aliphatic heterocycles. The highest BCUT2D eigenvalue weighted by Gasteiger charge is 2.29. The maximum Gasteiger partial charge on any atom is 0.332 e. The summed E-state index contributed by atoms with van der Waals surface area (Å²) < 4.78 is 10.4. The fourth-order valence-corrected chi connectivity index (χ4v) is 1.67. The standard InChI is InChI=1S/C9H13NO3/c1-7-6-8(11)13-9(7)10-2-4-12-5-3-10/h6,9H,2-5H2,1H3. The summed E-state index contributed by atoms with van der Waals surface area (Å²) in [6.45, 7) is 5.04. The summed E-state index contributed by atoms with van der Waals surface area (Å²) in [5.74, 6) is -0.228. The van der Waals surface area contributed by atoms with Gasteiger partial charge in [-0.3, -0.25) is 4.90 Å². The van der Waals surface area contributed by atoms with Gasteiger partial charge in [-0.1, -0.05) is 0 Å². The largest absolute Gasteiger partial charge is 0.439 e. The first-order valence-electron chi connectivity index (χ1n) is 4.48. The van der Waals surface area contributed by atoms with Crippen LogP contribution in [0.2, 0.25) is 0 Å². The van der Waals surface area contributed by atoms with E-state index in [2.05, 4.69) is 4.90 Å². The van der Waals surface area contributed by atoms with Crippen molar-refractivity contribution in [2.75, 3.05) is 26.3 Å². The topological polar surface area (TPSA) is 38.8 Å². The molecule has 2 rings (SSSR count). The number of hydrogen-bond acceptors (Lipinski definition) is 4. The van der Waals surface area contributed by atoms with Crippen molar-refractivity contribution < 1.29 is 14.3 Å². The molecular formula is C9H13NO3. The quantitative estimate of drug-likeness (QED) is 0.542. The smallest absolute Gasteiger partial charge is 0.332 e. The maximum absolute atomic E-state index is 11.0. The predicted molar refractivity (Wildman–Crippen MR) is 46.0 cm³/mol. The van der Waals surface area contributed by atoms with E-state index >= 15 is 0 Å². The zero-order valence-corrected chi connectivity index (χ0v) is 7.66. The zero-order valence-electron chi connectivity index (χ0n) is 7.66. The Morgan fingerprint density at radius 3 is 2.69 bits per heavy atom. The van der Waals surface area contributed by atoms with Crippen molar-refractivity contribution in [2.24, 2.45) is 0 Å². The van der Waals surface area contributed by atoms with Crippen molar-refractivity contribution >= 4 is 5.97 Å². The zero-order chi connectivity index (χ0) is 9.26. The van der Waals surface area contributed by atoms with Gasteiger partial charge in [0.15, 0.2) is 6.23 Å². The summed E-state index contributed by atoms with van der Waals surface area (Å²) in [4.78, 5) is 13.1. The van der Waals surface area contributed by atoms with Crippen molar-refractivity contribution in [3.05, 3.63) is 11.6 Å². The van der Waals surface area contributed by atoms with Gasteiger partial charge in [-0.25, -0.2) is 4.79 Å². The molecule has 0 radical (unpaired) electrons. The van der Waals surface area contributed by atoms with Crippen LogP contribution in [-0.4, -0.2) is 43.4 Å². The monoisotopic (exact) mass is 183 g/mol. The number of esters is 1. The van der Waals surface area contributed by atoms with E-state index in [1.165, 1.54) is 0 Å². The molecule has 1 fully saturated rings. The highest BCUT2D eigenvalue weighted by atomic mass is 16.6. The average Bonchev–Trinajstić information content (AvgIpc) is 2.47. The second-order valence-corrected chi connectivity index (χ2v) is 3.33. The van der Waals surface area contributed by atoms with Gasteiger partial charge in [0.05, 0.1) is 13.2 Å². The average molecular weight is 183 g/mol. The Hall–Kier alpha value is -0.870. The van der Waals surface area contributed by atoms with Gasteiger partial charge >= 0.3 is 5.97 Å². The summed E-state index contributed by atoms with van der Waals surface area (Å²) in [5.41, 5.74) is 0.993. The number of hydrogen-bond donors (Lipinski definition) is 0. The summed E-state index contributed by atoms with van der Waals surface area (Å²) in [7, 11) is 0. The van der Waals surface area contributed by atoms with E-state index in [1.54, 1.807) is 6.08 Å². The van der Waals surface area contributed by atoms with Crippen LogP contribution in [0.15, 0.2) is 11.6 Å². The van der Waals surface area contributed by atoms with Gasteiger partial charge in [0.1, 0.15) is 0 Å². The number of ether oxygens (including phenoxy) is 2. The Morgan fingerprint density at radius 2 is 2.15 bits per heavy atom. The normalized spacial score (nSPS) is 30.1. The summed E-state index contributed by atoms with van der Waals surface area (Å²) >= 11 is 0. The minimum atomic E-state index is -0.228. The van der Waals surface area contributed by atoms with E-state index in [0.717, 1.165) is 31.9 Å². The molecule has 0 bridgehead atoms. The molecule has 1 atom stereocenters. The van der Waals surface area contributed by atoms with E-state index in [-0.39, 0.29) is 12.2 Å². The van der Waals surface area contributed by atoms with Crippen LogP contribution in [0.5, 0.6) is 0 Å². The third-order valence-corrected chi connectivity index (χ3v) is 2.34. The molecule has 0 aliphatic carbocycles. The van der Waals surface area contributed by atoms with Crippen LogP contribution in [0.4, 0.5) is 0 Å². The van der Waals surface area contributed by atoms with Gasteiger partial charge in [0, 0.05) is 19.2 Å². The number of cyclic esters (lactones) is 1. The van der Waals surface area contributed by atoms with E-state index in [9.17, 15) is 4.79 Å². The van der Waals surface area contributed by atoms with Crippen LogP contribution in [0.3, 0.4) is 0 Å². The molecular weight excluding hydrogens is 170 g/mol. The second kappa shape index (κ2) is 3.47. The van der Waals surface area contributed by atoms with Crippen molar-refractivity contribution in [3.63, 3.8) is 0 Å². The van der Waals surface area contributed by atoms with Gasteiger partial charge in [0.2, 0.25) is 0 Å². The van der Waals surface area contributed by atoms with Crippen molar-refractivity contribution in [1.29, 1.82) is 0 Å². The highest BCUT2D eigenvalue weighted by Crippen LogP contribution is 2.19. The van der Waals surface area contributed by atoms with E-state index in [4.69, 9.17) is 9.47 Å². The first-order valence-corrected chi connectivity index (χ1v) is 4.48. The molecule has 0 spiro atoms. The van der Waals surface area contributed by atoms with Gasteiger partial charge in [-0.05, 0) is 12.5 Å².